The Morgan fingerprint density at radius 2 is 1.77 bits per heavy atom. The summed E-state index contributed by atoms with van der Waals surface area (Å²) in [5.74, 6) is 0.377. The Balaban J connectivity index is 2.01. The smallest absolute Gasteiger partial charge is 0.522 e. The zero-order valence-electron chi connectivity index (χ0n) is 22.4. The van der Waals surface area contributed by atoms with Crippen LogP contribution in [0.4, 0.5) is 0 Å². The van der Waals surface area contributed by atoms with Crippen molar-refractivity contribution >= 4 is 18.8 Å². The van der Waals surface area contributed by atoms with Gasteiger partial charge >= 0.3 is 7.12 Å². The zero-order chi connectivity index (χ0) is 25.9. The van der Waals surface area contributed by atoms with Gasteiger partial charge in [0.1, 0.15) is 5.75 Å². The van der Waals surface area contributed by atoms with Gasteiger partial charge in [0, 0.05) is 22.7 Å². The van der Waals surface area contributed by atoms with Crippen molar-refractivity contribution in [2.24, 2.45) is 5.41 Å². The average molecular weight is 477 g/mol. The van der Waals surface area contributed by atoms with Crippen LogP contribution in [0.1, 0.15) is 89.9 Å². The number of ketones is 1. The van der Waals surface area contributed by atoms with Crippen molar-refractivity contribution in [2.75, 3.05) is 6.54 Å². The number of benzene rings is 2. The van der Waals surface area contributed by atoms with E-state index in [4.69, 9.17) is 4.65 Å². The molecule has 5 nitrogen and oxygen atoms in total. The van der Waals surface area contributed by atoms with Gasteiger partial charge in [-0.3, -0.25) is 9.59 Å². The number of carbonyl (C=O) groups is 2. The molecule has 1 aliphatic rings. The van der Waals surface area contributed by atoms with Crippen LogP contribution < -0.4 is 4.65 Å². The molecular formula is C29H40BNO4. The van der Waals surface area contributed by atoms with Crippen molar-refractivity contribution in [1.29, 1.82) is 0 Å². The Labute approximate surface area is 211 Å². The second kappa shape index (κ2) is 11.0. The van der Waals surface area contributed by atoms with E-state index >= 15 is 0 Å². The number of rotatable bonds is 7. The van der Waals surface area contributed by atoms with Gasteiger partial charge < -0.3 is 14.6 Å². The first-order chi connectivity index (χ1) is 16.4. The number of aryl methyl sites for hydroxylation is 3. The standard InChI is InChI=1S/C29H40BNO4/c1-8-10-26(29(5,6)7)31(28(33)23-16-19(2)15-20(3)17-23)18-25(32)24-13-12-22-11-9-14-30(34)35-27(22)21(24)4/h12-13,15-17,26,34H,8-11,14,18H2,1-7H3. The topological polar surface area (TPSA) is 66.8 Å². The summed E-state index contributed by atoms with van der Waals surface area (Å²) in [6.45, 7) is 14.3. The fourth-order valence-corrected chi connectivity index (χ4v) is 5.23. The van der Waals surface area contributed by atoms with E-state index in [2.05, 4.69) is 27.7 Å². The SMILES string of the molecule is CCCC(N(CC(=O)c1ccc2c(c1C)OB(O)CCC2)C(=O)c1cc(C)cc(C)c1)C(C)(C)C. The van der Waals surface area contributed by atoms with Crippen LogP contribution >= 0.6 is 0 Å². The minimum Gasteiger partial charge on any atom is -0.536 e. The van der Waals surface area contributed by atoms with Crippen molar-refractivity contribution in [3.63, 3.8) is 0 Å². The van der Waals surface area contributed by atoms with E-state index in [1.807, 2.05) is 51.1 Å². The fraction of sp³-hybridized carbons (Fsp3) is 0.517. The van der Waals surface area contributed by atoms with E-state index in [1.54, 1.807) is 4.90 Å². The molecule has 1 heterocycles. The van der Waals surface area contributed by atoms with Crippen LogP contribution in [0.25, 0.3) is 0 Å². The van der Waals surface area contributed by atoms with Gasteiger partial charge in [-0.1, -0.05) is 63.4 Å². The average Bonchev–Trinajstić information content (AvgIpc) is 2.95. The van der Waals surface area contributed by atoms with E-state index in [1.165, 1.54) is 0 Å². The Kier molecular flexibility index (Phi) is 8.48. The highest BCUT2D eigenvalue weighted by Crippen LogP contribution is 2.33. The van der Waals surface area contributed by atoms with Crippen molar-refractivity contribution in [1.82, 2.24) is 4.90 Å². The summed E-state index contributed by atoms with van der Waals surface area (Å²) in [6.07, 6.45) is 3.94. The molecule has 3 rings (SSSR count). The Hall–Kier alpha value is -2.60. The first kappa shape index (κ1) is 27.0. The second-order valence-electron chi connectivity index (χ2n) is 11.1. The summed E-state index contributed by atoms with van der Waals surface area (Å²) in [4.78, 5) is 29.4. The lowest BCUT2D eigenvalue weighted by Crippen LogP contribution is -2.49. The molecule has 0 fully saturated rings. The molecule has 188 valence electrons. The Morgan fingerprint density at radius 1 is 1.11 bits per heavy atom. The van der Waals surface area contributed by atoms with E-state index in [9.17, 15) is 14.6 Å². The highest BCUT2D eigenvalue weighted by atomic mass is 16.5. The third-order valence-electron chi connectivity index (χ3n) is 6.92. The summed E-state index contributed by atoms with van der Waals surface area (Å²) >= 11 is 0. The number of carbonyl (C=O) groups excluding carboxylic acids is 2. The van der Waals surface area contributed by atoms with Crippen LogP contribution in [-0.4, -0.2) is 41.3 Å². The third-order valence-corrected chi connectivity index (χ3v) is 6.92. The molecule has 0 radical (unpaired) electrons. The van der Waals surface area contributed by atoms with Crippen molar-refractivity contribution in [3.8, 4) is 5.75 Å². The minimum atomic E-state index is -0.863. The van der Waals surface area contributed by atoms with Gasteiger partial charge in [-0.25, -0.2) is 0 Å². The lowest BCUT2D eigenvalue weighted by atomic mass is 9.82. The van der Waals surface area contributed by atoms with Gasteiger partial charge in [0.2, 0.25) is 0 Å². The van der Waals surface area contributed by atoms with Crippen LogP contribution in [0, 0.1) is 26.2 Å². The molecule has 1 N–H and O–H groups in total. The van der Waals surface area contributed by atoms with Crippen LogP contribution in [0.5, 0.6) is 5.75 Å². The van der Waals surface area contributed by atoms with Gasteiger partial charge in [-0.05, 0) is 69.5 Å². The maximum atomic E-state index is 13.9. The van der Waals surface area contributed by atoms with E-state index in [0.717, 1.165) is 47.9 Å². The normalized spacial score (nSPS) is 14.6. The zero-order valence-corrected chi connectivity index (χ0v) is 22.4. The van der Waals surface area contributed by atoms with Crippen molar-refractivity contribution < 1.29 is 19.3 Å². The largest absolute Gasteiger partial charge is 0.536 e. The third kappa shape index (κ3) is 6.35. The molecule has 1 aliphatic heterocycles. The number of nitrogens with zero attached hydrogens (tertiary/aromatic N) is 1. The monoisotopic (exact) mass is 477 g/mol. The predicted molar refractivity (Wildman–Crippen MR) is 142 cm³/mol. The molecule has 1 atom stereocenters. The van der Waals surface area contributed by atoms with Gasteiger partial charge in [-0.2, -0.15) is 0 Å². The summed E-state index contributed by atoms with van der Waals surface area (Å²) in [5, 5.41) is 10.1. The van der Waals surface area contributed by atoms with E-state index in [0.29, 0.717) is 23.2 Å². The quantitative estimate of drug-likeness (QED) is 0.395. The van der Waals surface area contributed by atoms with Gasteiger partial charge in [0.25, 0.3) is 5.91 Å². The lowest BCUT2D eigenvalue weighted by molar-refractivity contribution is 0.0470. The molecule has 2 aromatic rings. The van der Waals surface area contributed by atoms with Gasteiger partial charge in [-0.15, -0.1) is 0 Å². The predicted octanol–water partition coefficient (Wildman–Crippen LogP) is 5.96. The van der Waals surface area contributed by atoms with Crippen molar-refractivity contribution in [2.45, 2.75) is 86.5 Å². The van der Waals surface area contributed by atoms with Crippen molar-refractivity contribution in [3.05, 3.63) is 63.7 Å². The maximum absolute atomic E-state index is 13.9. The summed E-state index contributed by atoms with van der Waals surface area (Å²) in [6, 6.07) is 9.54. The van der Waals surface area contributed by atoms with Crippen LogP contribution in [-0.2, 0) is 6.42 Å². The highest BCUT2D eigenvalue weighted by molar-refractivity contribution is 6.43. The lowest BCUT2D eigenvalue weighted by Gasteiger charge is -2.40. The van der Waals surface area contributed by atoms with Gasteiger partial charge in [0.15, 0.2) is 5.78 Å². The first-order valence-electron chi connectivity index (χ1n) is 12.8. The molecule has 2 aromatic carbocycles. The molecule has 0 aromatic heterocycles. The first-order valence-corrected chi connectivity index (χ1v) is 12.8. The number of amides is 1. The van der Waals surface area contributed by atoms with Crippen LogP contribution in [0.2, 0.25) is 6.32 Å². The molecule has 0 saturated carbocycles. The van der Waals surface area contributed by atoms with E-state index < -0.39 is 7.12 Å². The summed E-state index contributed by atoms with van der Waals surface area (Å²) < 4.78 is 5.79. The molecule has 1 unspecified atom stereocenters. The summed E-state index contributed by atoms with van der Waals surface area (Å²) in [5.41, 5.74) is 4.76. The number of hydrogen-bond donors (Lipinski definition) is 1. The molecule has 0 bridgehead atoms. The highest BCUT2D eigenvalue weighted by Gasteiger charge is 2.35. The molecular weight excluding hydrogens is 437 g/mol. The van der Waals surface area contributed by atoms with Crippen LogP contribution in [0.3, 0.4) is 0 Å². The second-order valence-corrected chi connectivity index (χ2v) is 11.1. The van der Waals surface area contributed by atoms with Gasteiger partial charge in [0.05, 0.1) is 6.54 Å². The fourth-order valence-electron chi connectivity index (χ4n) is 5.23. The Morgan fingerprint density at radius 3 is 2.37 bits per heavy atom. The molecule has 0 saturated heterocycles. The number of hydrogen-bond acceptors (Lipinski definition) is 4. The molecule has 0 spiro atoms. The molecule has 1 amide bonds. The summed E-state index contributed by atoms with van der Waals surface area (Å²) in [7, 11) is -0.863. The van der Waals surface area contributed by atoms with E-state index in [-0.39, 0.29) is 29.7 Å². The molecule has 35 heavy (non-hydrogen) atoms. The molecule has 6 heteroatoms. The number of Topliss-reactive ketones (excluding diaryl/α,β-unsaturated/α-hetero) is 1. The number of fused-ring (bicyclic) bond motifs is 1. The maximum Gasteiger partial charge on any atom is 0.522 e. The minimum absolute atomic E-state index is 0.00403. The van der Waals surface area contributed by atoms with Crippen LogP contribution in [0.15, 0.2) is 30.3 Å². The molecule has 0 aliphatic carbocycles. The Bertz CT molecular complexity index is 1070.